The highest BCUT2D eigenvalue weighted by Gasteiger charge is 2.12. The van der Waals surface area contributed by atoms with Gasteiger partial charge in [0.15, 0.2) is 0 Å². The van der Waals surface area contributed by atoms with Gasteiger partial charge in [-0.15, -0.1) is 0 Å². The Morgan fingerprint density at radius 1 is 1.39 bits per heavy atom. The maximum atomic E-state index is 13.0. The SMILES string of the molecule is NCCC(N)c1nc(Cc2cccc(F)c2)ns1. The number of rotatable bonds is 5. The molecule has 1 aromatic heterocycles. The van der Waals surface area contributed by atoms with E-state index in [2.05, 4.69) is 9.36 Å². The summed E-state index contributed by atoms with van der Waals surface area (Å²) >= 11 is 1.29. The fraction of sp³-hybridized carbons (Fsp3) is 0.333. The summed E-state index contributed by atoms with van der Waals surface area (Å²) in [5.41, 5.74) is 12.2. The first kappa shape index (κ1) is 13.1. The van der Waals surface area contributed by atoms with Crippen molar-refractivity contribution < 1.29 is 4.39 Å². The number of halogens is 1. The van der Waals surface area contributed by atoms with Crippen LogP contribution in [0.5, 0.6) is 0 Å². The van der Waals surface area contributed by atoms with Crippen LogP contribution >= 0.6 is 11.5 Å². The Labute approximate surface area is 109 Å². The monoisotopic (exact) mass is 266 g/mol. The third-order valence-electron chi connectivity index (χ3n) is 2.53. The molecule has 18 heavy (non-hydrogen) atoms. The van der Waals surface area contributed by atoms with E-state index in [0.717, 1.165) is 10.6 Å². The molecule has 2 rings (SSSR count). The summed E-state index contributed by atoms with van der Waals surface area (Å²) in [4.78, 5) is 4.36. The van der Waals surface area contributed by atoms with Crippen LogP contribution in [-0.2, 0) is 6.42 Å². The number of nitrogens with two attached hydrogens (primary N) is 2. The molecule has 96 valence electrons. The smallest absolute Gasteiger partial charge is 0.147 e. The molecule has 0 aliphatic rings. The molecule has 1 atom stereocenters. The van der Waals surface area contributed by atoms with E-state index in [-0.39, 0.29) is 11.9 Å². The largest absolute Gasteiger partial charge is 0.330 e. The highest BCUT2D eigenvalue weighted by molar-refractivity contribution is 7.05. The van der Waals surface area contributed by atoms with Crippen LogP contribution in [0.25, 0.3) is 0 Å². The van der Waals surface area contributed by atoms with E-state index in [0.29, 0.717) is 25.2 Å². The van der Waals surface area contributed by atoms with Gasteiger partial charge in [-0.1, -0.05) is 12.1 Å². The average Bonchev–Trinajstić information content (AvgIpc) is 2.78. The number of hydrogen-bond donors (Lipinski definition) is 2. The summed E-state index contributed by atoms with van der Waals surface area (Å²) in [6.45, 7) is 0.528. The summed E-state index contributed by atoms with van der Waals surface area (Å²) in [7, 11) is 0. The van der Waals surface area contributed by atoms with Gasteiger partial charge in [0.25, 0.3) is 0 Å². The highest BCUT2D eigenvalue weighted by atomic mass is 32.1. The molecule has 0 saturated carbocycles. The second-order valence-electron chi connectivity index (χ2n) is 4.04. The molecule has 0 bridgehead atoms. The second kappa shape index (κ2) is 5.99. The van der Waals surface area contributed by atoms with Crippen molar-refractivity contribution in [1.29, 1.82) is 0 Å². The first-order valence-corrected chi connectivity index (χ1v) is 6.49. The maximum absolute atomic E-state index is 13.0. The molecule has 0 saturated heterocycles. The van der Waals surface area contributed by atoms with Crippen molar-refractivity contribution in [2.75, 3.05) is 6.54 Å². The summed E-state index contributed by atoms with van der Waals surface area (Å²) in [5.74, 6) is 0.427. The zero-order chi connectivity index (χ0) is 13.0. The Kier molecular flexibility index (Phi) is 4.35. The van der Waals surface area contributed by atoms with Crippen molar-refractivity contribution >= 4 is 11.5 Å². The van der Waals surface area contributed by atoms with Gasteiger partial charge < -0.3 is 11.5 Å². The maximum Gasteiger partial charge on any atom is 0.147 e. The molecular weight excluding hydrogens is 251 g/mol. The zero-order valence-corrected chi connectivity index (χ0v) is 10.7. The first-order chi connectivity index (χ1) is 8.69. The molecule has 0 amide bonds. The van der Waals surface area contributed by atoms with E-state index in [1.165, 1.54) is 23.7 Å². The molecule has 1 heterocycles. The summed E-state index contributed by atoms with van der Waals surface area (Å²) in [6, 6.07) is 6.27. The fourth-order valence-corrected chi connectivity index (χ4v) is 2.33. The Bertz CT molecular complexity index is 514. The summed E-state index contributed by atoms with van der Waals surface area (Å²) < 4.78 is 17.3. The van der Waals surface area contributed by atoms with Crippen LogP contribution in [0.4, 0.5) is 4.39 Å². The van der Waals surface area contributed by atoms with Gasteiger partial charge in [-0.3, -0.25) is 0 Å². The number of benzene rings is 1. The molecule has 1 aromatic carbocycles. The third-order valence-corrected chi connectivity index (χ3v) is 3.41. The van der Waals surface area contributed by atoms with Crippen LogP contribution in [0, 0.1) is 5.82 Å². The topological polar surface area (TPSA) is 77.8 Å². The van der Waals surface area contributed by atoms with Crippen molar-refractivity contribution in [2.24, 2.45) is 11.5 Å². The van der Waals surface area contributed by atoms with E-state index in [1.807, 2.05) is 6.07 Å². The molecule has 0 spiro atoms. The zero-order valence-electron chi connectivity index (χ0n) is 9.84. The van der Waals surface area contributed by atoms with Gasteiger partial charge in [0.2, 0.25) is 0 Å². The molecule has 6 heteroatoms. The third kappa shape index (κ3) is 3.32. The van der Waals surface area contributed by atoms with Gasteiger partial charge in [0.05, 0.1) is 6.04 Å². The summed E-state index contributed by atoms with van der Waals surface area (Å²) in [5, 5.41) is 0.784. The predicted octanol–water partition coefficient (Wildman–Crippen LogP) is 1.62. The minimum Gasteiger partial charge on any atom is -0.330 e. The van der Waals surface area contributed by atoms with Gasteiger partial charge in [0, 0.05) is 6.42 Å². The highest BCUT2D eigenvalue weighted by Crippen LogP contribution is 2.17. The van der Waals surface area contributed by atoms with Crippen LogP contribution in [0.15, 0.2) is 24.3 Å². The lowest BCUT2D eigenvalue weighted by atomic mass is 10.1. The van der Waals surface area contributed by atoms with E-state index >= 15 is 0 Å². The standard InChI is InChI=1S/C12H15FN4S/c13-9-3-1-2-8(6-9)7-11-16-12(18-17-11)10(15)4-5-14/h1-3,6,10H,4-5,7,14-15H2. The molecular formula is C12H15FN4S. The molecule has 0 aliphatic carbocycles. The molecule has 1 unspecified atom stereocenters. The van der Waals surface area contributed by atoms with E-state index in [9.17, 15) is 4.39 Å². The minimum atomic E-state index is -0.247. The minimum absolute atomic E-state index is 0.159. The quantitative estimate of drug-likeness (QED) is 0.862. The average molecular weight is 266 g/mol. The normalized spacial score (nSPS) is 12.6. The number of hydrogen-bond acceptors (Lipinski definition) is 5. The lowest BCUT2D eigenvalue weighted by Crippen LogP contribution is -2.15. The fourth-order valence-electron chi connectivity index (χ4n) is 1.62. The van der Waals surface area contributed by atoms with Crippen LogP contribution in [0.3, 0.4) is 0 Å². The number of aromatic nitrogens is 2. The summed E-state index contributed by atoms with van der Waals surface area (Å²) in [6.07, 6.45) is 1.21. The van der Waals surface area contributed by atoms with Crippen LogP contribution in [-0.4, -0.2) is 15.9 Å². The second-order valence-corrected chi connectivity index (χ2v) is 4.82. The molecule has 0 fully saturated rings. The van der Waals surface area contributed by atoms with Gasteiger partial charge in [-0.2, -0.15) is 4.37 Å². The van der Waals surface area contributed by atoms with Crippen molar-refractivity contribution in [3.63, 3.8) is 0 Å². The van der Waals surface area contributed by atoms with Crippen LogP contribution < -0.4 is 11.5 Å². The van der Waals surface area contributed by atoms with Crippen molar-refractivity contribution in [2.45, 2.75) is 18.9 Å². The lowest BCUT2D eigenvalue weighted by molar-refractivity contribution is 0.625. The van der Waals surface area contributed by atoms with Crippen molar-refractivity contribution in [3.8, 4) is 0 Å². The van der Waals surface area contributed by atoms with Gasteiger partial charge >= 0.3 is 0 Å². The Morgan fingerprint density at radius 3 is 2.94 bits per heavy atom. The van der Waals surface area contributed by atoms with E-state index < -0.39 is 0 Å². The van der Waals surface area contributed by atoms with Gasteiger partial charge in [0.1, 0.15) is 16.6 Å². The van der Waals surface area contributed by atoms with Crippen molar-refractivity contribution in [1.82, 2.24) is 9.36 Å². The molecule has 2 aromatic rings. The molecule has 4 N–H and O–H groups in total. The van der Waals surface area contributed by atoms with Crippen molar-refractivity contribution in [3.05, 3.63) is 46.5 Å². The lowest BCUT2D eigenvalue weighted by Gasteiger charge is -2.03. The van der Waals surface area contributed by atoms with Crippen LogP contribution in [0.1, 0.15) is 28.9 Å². The molecule has 4 nitrogen and oxygen atoms in total. The predicted molar refractivity (Wildman–Crippen MR) is 69.7 cm³/mol. The van der Waals surface area contributed by atoms with E-state index in [4.69, 9.17) is 11.5 Å². The Hall–Kier alpha value is -1.37. The number of nitrogens with zero attached hydrogens (tertiary/aromatic N) is 2. The van der Waals surface area contributed by atoms with E-state index in [1.54, 1.807) is 6.07 Å². The molecule has 0 aliphatic heterocycles. The van der Waals surface area contributed by atoms with Gasteiger partial charge in [-0.05, 0) is 42.2 Å². The van der Waals surface area contributed by atoms with Crippen LogP contribution in [0.2, 0.25) is 0 Å². The first-order valence-electron chi connectivity index (χ1n) is 5.71. The molecule has 0 radical (unpaired) electrons. The Balaban J connectivity index is 2.06. The van der Waals surface area contributed by atoms with Gasteiger partial charge in [-0.25, -0.2) is 9.37 Å². The Morgan fingerprint density at radius 2 is 2.22 bits per heavy atom.